The van der Waals surface area contributed by atoms with Crippen LogP contribution >= 0.6 is 0 Å². The van der Waals surface area contributed by atoms with Gasteiger partial charge in [-0.25, -0.2) is 0 Å². The summed E-state index contributed by atoms with van der Waals surface area (Å²) in [5.74, 6) is 3.19. The fraction of sp³-hybridized carbons (Fsp3) is 0.381. The Bertz CT molecular complexity index is 742. The molecule has 1 heterocycles. The van der Waals surface area contributed by atoms with E-state index < -0.39 is 0 Å². The Morgan fingerprint density at radius 3 is 2.62 bits per heavy atom. The number of benzene rings is 1. The average Bonchev–Trinajstić information content (AvgIpc) is 3.51. The summed E-state index contributed by atoms with van der Waals surface area (Å²) in [5.41, 5.74) is 1.18. The molecule has 2 atom stereocenters. The molecule has 0 radical (unpaired) electrons. The molecule has 24 heavy (non-hydrogen) atoms. The lowest BCUT2D eigenvalue weighted by Gasteiger charge is -2.20. The van der Waals surface area contributed by atoms with Crippen molar-refractivity contribution in [1.29, 1.82) is 0 Å². The molecule has 0 unspecified atom stereocenters. The maximum absolute atomic E-state index is 12.6. The predicted octanol–water partition coefficient (Wildman–Crippen LogP) is 4.61. The van der Waals surface area contributed by atoms with Crippen molar-refractivity contribution in [2.45, 2.75) is 44.7 Å². The number of nitrogens with zero attached hydrogens (tertiary/aromatic N) is 1. The van der Waals surface area contributed by atoms with E-state index in [4.69, 9.17) is 4.42 Å². The molecule has 2 fully saturated rings. The second-order valence-corrected chi connectivity index (χ2v) is 7.08. The van der Waals surface area contributed by atoms with E-state index in [0.29, 0.717) is 18.5 Å². The summed E-state index contributed by atoms with van der Waals surface area (Å²) < 4.78 is 5.84. The molecule has 0 saturated heterocycles. The van der Waals surface area contributed by atoms with Gasteiger partial charge in [-0.15, -0.1) is 0 Å². The third-order valence-corrected chi connectivity index (χ3v) is 4.98. The zero-order valence-corrected chi connectivity index (χ0v) is 14.0. The van der Waals surface area contributed by atoms with E-state index in [1.54, 1.807) is 12.2 Å². The molecule has 3 nitrogen and oxygen atoms in total. The van der Waals surface area contributed by atoms with Crippen molar-refractivity contribution in [1.82, 2.24) is 4.90 Å². The van der Waals surface area contributed by atoms with Gasteiger partial charge < -0.3 is 9.32 Å². The van der Waals surface area contributed by atoms with Crippen LogP contribution in [0.3, 0.4) is 0 Å². The number of carbonyl (C=O) groups excluding carboxylic acids is 1. The second kappa shape index (κ2) is 6.31. The predicted molar refractivity (Wildman–Crippen MR) is 94.3 cm³/mol. The Balaban J connectivity index is 1.42. The molecule has 2 saturated carbocycles. The van der Waals surface area contributed by atoms with Crippen LogP contribution in [0.25, 0.3) is 6.08 Å². The molecule has 3 heteroatoms. The third-order valence-electron chi connectivity index (χ3n) is 4.98. The highest BCUT2D eigenvalue weighted by Gasteiger charge is 2.36. The molecular formula is C21H23NO2. The molecule has 0 aliphatic heterocycles. The maximum atomic E-state index is 12.6. The van der Waals surface area contributed by atoms with E-state index in [0.717, 1.165) is 30.3 Å². The number of furan rings is 1. The van der Waals surface area contributed by atoms with Crippen molar-refractivity contribution in [3.05, 3.63) is 65.6 Å². The molecule has 4 rings (SSSR count). The van der Waals surface area contributed by atoms with Crippen LogP contribution in [-0.4, -0.2) is 16.8 Å². The molecule has 2 aliphatic carbocycles. The Morgan fingerprint density at radius 1 is 1.21 bits per heavy atom. The van der Waals surface area contributed by atoms with Crippen molar-refractivity contribution >= 4 is 12.0 Å². The molecule has 0 spiro atoms. The third kappa shape index (κ3) is 3.45. The van der Waals surface area contributed by atoms with E-state index in [-0.39, 0.29) is 5.91 Å². The van der Waals surface area contributed by atoms with Crippen molar-refractivity contribution < 1.29 is 9.21 Å². The van der Waals surface area contributed by atoms with Crippen molar-refractivity contribution in [2.75, 3.05) is 0 Å². The van der Waals surface area contributed by atoms with Crippen LogP contribution in [0, 0.1) is 5.92 Å². The summed E-state index contributed by atoms with van der Waals surface area (Å²) in [6.07, 6.45) is 6.88. The van der Waals surface area contributed by atoms with E-state index in [9.17, 15) is 4.79 Å². The molecule has 2 aromatic rings. The fourth-order valence-electron chi connectivity index (χ4n) is 3.18. The smallest absolute Gasteiger partial charge is 0.247 e. The van der Waals surface area contributed by atoms with Gasteiger partial charge in [0.15, 0.2) is 0 Å². The minimum Gasteiger partial charge on any atom is -0.461 e. The van der Waals surface area contributed by atoms with Gasteiger partial charge in [0, 0.05) is 24.6 Å². The van der Waals surface area contributed by atoms with Crippen LogP contribution in [0.4, 0.5) is 0 Å². The van der Waals surface area contributed by atoms with Gasteiger partial charge in [0.2, 0.25) is 5.91 Å². The standard InChI is InChI=1S/C21H23NO2/c1-15-13-19(15)20-11-9-18(24-20)10-12-21(23)22(17-7-8-17)14-16-5-3-2-4-6-16/h2-6,9-12,15,17,19H,7-8,13-14H2,1H3/b12-10+/t15-,19+/m1/s1. The van der Waals surface area contributed by atoms with E-state index in [1.165, 1.54) is 12.0 Å². The second-order valence-electron chi connectivity index (χ2n) is 7.08. The molecule has 1 amide bonds. The van der Waals surface area contributed by atoms with Gasteiger partial charge in [0.25, 0.3) is 0 Å². The average molecular weight is 321 g/mol. The van der Waals surface area contributed by atoms with Crippen molar-refractivity contribution in [3.8, 4) is 0 Å². The molecule has 1 aromatic carbocycles. The van der Waals surface area contributed by atoms with E-state index in [1.807, 2.05) is 35.2 Å². The summed E-state index contributed by atoms with van der Waals surface area (Å²) in [5, 5.41) is 0. The van der Waals surface area contributed by atoms with Gasteiger partial charge >= 0.3 is 0 Å². The number of hydrogen-bond acceptors (Lipinski definition) is 2. The largest absolute Gasteiger partial charge is 0.461 e. The van der Waals surface area contributed by atoms with Crippen LogP contribution in [-0.2, 0) is 11.3 Å². The molecule has 1 aromatic heterocycles. The maximum Gasteiger partial charge on any atom is 0.247 e. The van der Waals surface area contributed by atoms with Crippen LogP contribution in [0.1, 0.15) is 49.2 Å². The molecule has 0 N–H and O–H groups in total. The first-order chi connectivity index (χ1) is 11.7. The van der Waals surface area contributed by atoms with Gasteiger partial charge in [-0.05, 0) is 49.0 Å². The number of hydrogen-bond donors (Lipinski definition) is 0. The van der Waals surface area contributed by atoms with Crippen molar-refractivity contribution in [3.63, 3.8) is 0 Å². The molecule has 124 valence electrons. The Labute approximate surface area is 143 Å². The van der Waals surface area contributed by atoms with Gasteiger partial charge in [0.05, 0.1) is 0 Å². The number of rotatable bonds is 6. The first-order valence-electron chi connectivity index (χ1n) is 8.83. The van der Waals surface area contributed by atoms with Crippen LogP contribution in [0.5, 0.6) is 0 Å². The molecule has 0 bridgehead atoms. The summed E-state index contributed by atoms with van der Waals surface area (Å²) >= 11 is 0. The monoisotopic (exact) mass is 321 g/mol. The minimum atomic E-state index is 0.0686. The fourth-order valence-corrected chi connectivity index (χ4v) is 3.18. The van der Waals surface area contributed by atoms with Crippen LogP contribution < -0.4 is 0 Å². The zero-order chi connectivity index (χ0) is 16.5. The summed E-state index contributed by atoms with van der Waals surface area (Å²) in [7, 11) is 0. The van der Waals surface area contributed by atoms with Gasteiger partial charge in [-0.1, -0.05) is 37.3 Å². The Morgan fingerprint density at radius 2 is 1.96 bits per heavy atom. The number of carbonyl (C=O) groups is 1. The highest BCUT2D eigenvalue weighted by Crippen LogP contribution is 2.47. The molecular weight excluding hydrogens is 298 g/mol. The quantitative estimate of drug-likeness (QED) is 0.728. The van der Waals surface area contributed by atoms with Crippen molar-refractivity contribution in [2.24, 2.45) is 5.92 Å². The Kier molecular flexibility index (Phi) is 4.01. The normalized spacial score (nSPS) is 22.7. The zero-order valence-electron chi connectivity index (χ0n) is 14.0. The van der Waals surface area contributed by atoms with E-state index in [2.05, 4.69) is 19.1 Å². The van der Waals surface area contributed by atoms with E-state index >= 15 is 0 Å². The lowest BCUT2D eigenvalue weighted by Crippen LogP contribution is -2.31. The SMILES string of the molecule is C[C@@H]1C[C@@H]1c1ccc(/C=C/C(=O)N(Cc2ccccc2)C2CC2)o1. The lowest BCUT2D eigenvalue weighted by atomic mass is 10.2. The van der Waals surface area contributed by atoms with Gasteiger partial charge in [-0.2, -0.15) is 0 Å². The summed E-state index contributed by atoms with van der Waals surface area (Å²) in [4.78, 5) is 14.6. The minimum absolute atomic E-state index is 0.0686. The topological polar surface area (TPSA) is 33.5 Å². The first-order valence-corrected chi connectivity index (χ1v) is 8.83. The highest BCUT2D eigenvalue weighted by atomic mass is 16.3. The summed E-state index contributed by atoms with van der Waals surface area (Å²) in [6, 6.07) is 14.6. The number of amides is 1. The lowest BCUT2D eigenvalue weighted by molar-refractivity contribution is -0.127. The molecule has 2 aliphatic rings. The highest BCUT2D eigenvalue weighted by molar-refractivity contribution is 5.91. The van der Waals surface area contributed by atoms with Crippen LogP contribution in [0.15, 0.2) is 53.0 Å². The Hall–Kier alpha value is -2.29. The van der Waals surface area contributed by atoms with Gasteiger partial charge in [-0.3, -0.25) is 4.79 Å². The van der Waals surface area contributed by atoms with Gasteiger partial charge in [0.1, 0.15) is 11.5 Å². The van der Waals surface area contributed by atoms with Crippen LogP contribution in [0.2, 0.25) is 0 Å². The first kappa shape index (κ1) is 15.3. The summed E-state index contributed by atoms with van der Waals surface area (Å²) in [6.45, 7) is 2.92.